The van der Waals surface area contributed by atoms with Crippen molar-refractivity contribution in [2.75, 3.05) is 5.32 Å². The Hall–Kier alpha value is -2.11. The molecule has 0 spiro atoms. The van der Waals surface area contributed by atoms with Gasteiger partial charge < -0.3 is 5.32 Å². The molecule has 1 aromatic carbocycles. The van der Waals surface area contributed by atoms with Gasteiger partial charge in [-0.25, -0.2) is 0 Å². The predicted octanol–water partition coefficient (Wildman–Crippen LogP) is 3.11. The van der Waals surface area contributed by atoms with Crippen LogP contribution in [0.25, 0.3) is 0 Å². The summed E-state index contributed by atoms with van der Waals surface area (Å²) in [6.07, 6.45) is -2.79. The number of alkyl halides is 3. The molecule has 0 fully saturated rings. The Morgan fingerprint density at radius 1 is 1.11 bits per heavy atom. The average molecular weight is 253 g/mol. The summed E-state index contributed by atoms with van der Waals surface area (Å²) in [5.74, 6) is 0.523. The second-order valence-corrected chi connectivity index (χ2v) is 3.66. The van der Waals surface area contributed by atoms with Gasteiger partial charge in [0.05, 0.1) is 5.56 Å². The smallest absolute Gasteiger partial charge is 0.365 e. The maximum atomic E-state index is 12.5. The highest BCUT2D eigenvalue weighted by Crippen LogP contribution is 2.29. The molecule has 18 heavy (non-hydrogen) atoms. The zero-order valence-electron chi connectivity index (χ0n) is 9.28. The minimum Gasteiger partial charge on any atom is -0.365 e. The summed E-state index contributed by atoms with van der Waals surface area (Å²) in [5, 5.41) is 10.3. The summed E-state index contributed by atoms with van der Waals surface area (Å²) in [4.78, 5) is 0. The van der Waals surface area contributed by atoms with Crippen LogP contribution in [-0.2, 0) is 12.7 Å². The van der Waals surface area contributed by atoms with Gasteiger partial charge in [0, 0.05) is 12.7 Å². The van der Waals surface area contributed by atoms with Crippen LogP contribution >= 0.6 is 0 Å². The van der Waals surface area contributed by atoms with E-state index in [1.807, 2.05) is 0 Å². The number of nitrogens with one attached hydrogen (secondary N) is 1. The fraction of sp³-hybridized carbons (Fsp3) is 0.167. The minimum absolute atomic E-state index is 0.266. The third-order valence-corrected chi connectivity index (χ3v) is 2.30. The van der Waals surface area contributed by atoms with Gasteiger partial charge in [-0.2, -0.15) is 18.3 Å². The van der Waals surface area contributed by atoms with Crippen molar-refractivity contribution >= 4 is 5.82 Å². The van der Waals surface area contributed by atoms with Crippen molar-refractivity contribution in [3.63, 3.8) is 0 Å². The number of halogens is 3. The van der Waals surface area contributed by atoms with E-state index in [1.165, 1.54) is 12.3 Å². The number of aromatic nitrogens is 2. The van der Waals surface area contributed by atoms with Crippen LogP contribution in [0.15, 0.2) is 42.6 Å². The number of rotatable bonds is 3. The zero-order valence-corrected chi connectivity index (χ0v) is 9.28. The van der Waals surface area contributed by atoms with E-state index in [1.54, 1.807) is 18.2 Å². The monoisotopic (exact) mass is 253 g/mol. The van der Waals surface area contributed by atoms with Crippen molar-refractivity contribution in [1.29, 1.82) is 0 Å². The van der Waals surface area contributed by atoms with Crippen LogP contribution in [-0.4, -0.2) is 10.2 Å². The molecule has 0 saturated carbocycles. The number of benzene rings is 1. The first-order chi connectivity index (χ1) is 8.55. The SMILES string of the molecule is FC(F)(F)c1cccc(CNc2cccnn2)c1. The molecule has 0 aliphatic carbocycles. The third-order valence-electron chi connectivity index (χ3n) is 2.30. The molecule has 0 saturated heterocycles. The Bertz CT molecular complexity index is 511. The molecule has 2 rings (SSSR count). The van der Waals surface area contributed by atoms with Crippen molar-refractivity contribution in [2.45, 2.75) is 12.7 Å². The quantitative estimate of drug-likeness (QED) is 0.913. The van der Waals surface area contributed by atoms with Crippen LogP contribution in [0.5, 0.6) is 0 Å². The van der Waals surface area contributed by atoms with Gasteiger partial charge in [0.25, 0.3) is 0 Å². The molecule has 0 atom stereocenters. The van der Waals surface area contributed by atoms with Crippen LogP contribution in [0.4, 0.5) is 19.0 Å². The first-order valence-corrected chi connectivity index (χ1v) is 5.23. The minimum atomic E-state index is -4.32. The summed E-state index contributed by atoms with van der Waals surface area (Å²) >= 11 is 0. The summed E-state index contributed by atoms with van der Waals surface area (Å²) in [7, 11) is 0. The van der Waals surface area contributed by atoms with Crippen LogP contribution in [0.2, 0.25) is 0 Å². The van der Waals surface area contributed by atoms with Crippen LogP contribution in [0.3, 0.4) is 0 Å². The lowest BCUT2D eigenvalue weighted by molar-refractivity contribution is -0.137. The molecule has 3 nitrogen and oxygen atoms in total. The predicted molar refractivity (Wildman–Crippen MR) is 60.8 cm³/mol. The molecule has 1 heterocycles. The van der Waals surface area contributed by atoms with Gasteiger partial charge in [-0.05, 0) is 29.8 Å². The molecule has 6 heteroatoms. The lowest BCUT2D eigenvalue weighted by Crippen LogP contribution is -2.07. The molecule has 0 unspecified atom stereocenters. The van der Waals surface area contributed by atoms with E-state index in [0.717, 1.165) is 12.1 Å². The number of hydrogen-bond donors (Lipinski definition) is 1. The number of hydrogen-bond acceptors (Lipinski definition) is 3. The van der Waals surface area contributed by atoms with Crippen molar-refractivity contribution < 1.29 is 13.2 Å². The second kappa shape index (κ2) is 5.03. The van der Waals surface area contributed by atoms with Crippen LogP contribution < -0.4 is 5.32 Å². The molecule has 1 N–H and O–H groups in total. The van der Waals surface area contributed by atoms with E-state index in [4.69, 9.17) is 0 Å². The van der Waals surface area contributed by atoms with E-state index >= 15 is 0 Å². The summed E-state index contributed by atoms with van der Waals surface area (Å²) in [6, 6.07) is 8.56. The topological polar surface area (TPSA) is 37.8 Å². The maximum absolute atomic E-state index is 12.5. The normalized spacial score (nSPS) is 11.3. The van der Waals surface area contributed by atoms with Gasteiger partial charge >= 0.3 is 6.18 Å². The Balaban J connectivity index is 2.06. The molecule has 0 aliphatic heterocycles. The first-order valence-electron chi connectivity index (χ1n) is 5.23. The van der Waals surface area contributed by atoms with Crippen molar-refractivity contribution in [2.24, 2.45) is 0 Å². The molecule has 2 aromatic rings. The van der Waals surface area contributed by atoms with Crippen molar-refractivity contribution in [3.8, 4) is 0 Å². The third kappa shape index (κ3) is 3.19. The van der Waals surface area contributed by atoms with E-state index in [-0.39, 0.29) is 6.54 Å². The lowest BCUT2D eigenvalue weighted by atomic mass is 10.1. The molecule has 0 radical (unpaired) electrons. The van der Waals surface area contributed by atoms with Gasteiger partial charge in [0.15, 0.2) is 0 Å². The molecule has 0 bridgehead atoms. The summed E-state index contributed by atoms with van der Waals surface area (Å²) in [5.41, 5.74) is -0.114. The highest BCUT2D eigenvalue weighted by atomic mass is 19.4. The van der Waals surface area contributed by atoms with Crippen LogP contribution in [0, 0.1) is 0 Å². The molecular weight excluding hydrogens is 243 g/mol. The number of nitrogens with zero attached hydrogens (tertiary/aromatic N) is 2. The largest absolute Gasteiger partial charge is 0.416 e. The zero-order chi connectivity index (χ0) is 13.0. The van der Waals surface area contributed by atoms with Crippen molar-refractivity contribution in [3.05, 3.63) is 53.7 Å². The van der Waals surface area contributed by atoms with E-state index in [9.17, 15) is 13.2 Å². The summed E-state index contributed by atoms with van der Waals surface area (Å²) < 4.78 is 37.5. The fourth-order valence-corrected chi connectivity index (χ4v) is 1.45. The highest BCUT2D eigenvalue weighted by molar-refractivity contribution is 5.34. The molecular formula is C12H10F3N3. The molecule has 0 amide bonds. The molecule has 0 aliphatic rings. The van der Waals surface area contributed by atoms with Gasteiger partial charge in [0.2, 0.25) is 0 Å². The maximum Gasteiger partial charge on any atom is 0.416 e. The Morgan fingerprint density at radius 2 is 1.94 bits per heavy atom. The standard InChI is InChI=1S/C12H10F3N3/c13-12(14,15)10-4-1-3-9(7-10)8-16-11-5-2-6-17-18-11/h1-7H,8H2,(H,16,18). The van der Waals surface area contributed by atoms with Gasteiger partial charge in [-0.1, -0.05) is 12.1 Å². The van der Waals surface area contributed by atoms with E-state index < -0.39 is 11.7 Å². The van der Waals surface area contributed by atoms with Gasteiger partial charge in [-0.15, -0.1) is 5.10 Å². The lowest BCUT2D eigenvalue weighted by Gasteiger charge is -2.09. The van der Waals surface area contributed by atoms with E-state index in [2.05, 4.69) is 15.5 Å². The molecule has 1 aromatic heterocycles. The van der Waals surface area contributed by atoms with Gasteiger partial charge in [-0.3, -0.25) is 0 Å². The highest BCUT2D eigenvalue weighted by Gasteiger charge is 2.30. The first kappa shape index (κ1) is 12.3. The Morgan fingerprint density at radius 3 is 2.61 bits per heavy atom. The fourth-order valence-electron chi connectivity index (χ4n) is 1.45. The average Bonchev–Trinajstić information content (AvgIpc) is 2.37. The number of anilines is 1. The van der Waals surface area contributed by atoms with Gasteiger partial charge in [0.1, 0.15) is 5.82 Å². The Labute approximate surface area is 102 Å². The van der Waals surface area contributed by atoms with Crippen molar-refractivity contribution in [1.82, 2.24) is 10.2 Å². The van der Waals surface area contributed by atoms with E-state index in [0.29, 0.717) is 11.4 Å². The van der Waals surface area contributed by atoms with Crippen LogP contribution in [0.1, 0.15) is 11.1 Å². The Kier molecular flexibility index (Phi) is 3.45. The summed E-state index contributed by atoms with van der Waals surface area (Å²) in [6.45, 7) is 0.266. The molecule has 94 valence electrons. The second-order valence-electron chi connectivity index (χ2n) is 3.66.